The van der Waals surface area contributed by atoms with Gasteiger partial charge in [-0.3, -0.25) is 14.7 Å². The normalized spacial score (nSPS) is 14.7. The molecule has 1 N–H and O–H groups in total. The number of amides is 1. The third-order valence-electron chi connectivity index (χ3n) is 5.34. The molecule has 0 aliphatic carbocycles. The number of aromatic amines is 1. The first-order valence-electron chi connectivity index (χ1n) is 10.0. The Morgan fingerprint density at radius 1 is 1.10 bits per heavy atom. The van der Waals surface area contributed by atoms with Crippen LogP contribution in [0, 0.1) is 5.82 Å². The molecule has 0 unspecified atom stereocenters. The lowest BCUT2D eigenvalue weighted by Gasteiger charge is -2.33. The number of piperazine rings is 1. The van der Waals surface area contributed by atoms with Crippen LogP contribution in [0.3, 0.4) is 0 Å². The zero-order valence-electron chi connectivity index (χ0n) is 16.8. The van der Waals surface area contributed by atoms with E-state index in [-0.39, 0.29) is 12.4 Å². The molecule has 2 heterocycles. The Labute approximate surface area is 177 Å². The first-order chi connectivity index (χ1) is 15.0. The van der Waals surface area contributed by atoms with Crippen LogP contribution in [0.5, 0.6) is 0 Å². The first-order valence-corrected chi connectivity index (χ1v) is 10.0. The summed E-state index contributed by atoms with van der Waals surface area (Å²) in [6, 6.07) is 11.1. The molecule has 4 rings (SSSR count). The van der Waals surface area contributed by atoms with E-state index in [0.717, 1.165) is 0 Å². The SMILES string of the molecule is O=C(CCN1CCN(C(=O)OCc2ccccc2F)CC1)c1ccc2[nH]c(=O)oc2c1. The van der Waals surface area contributed by atoms with Crippen LogP contribution in [-0.2, 0) is 11.3 Å². The molecule has 1 amide bonds. The van der Waals surface area contributed by atoms with Gasteiger partial charge in [-0.25, -0.2) is 14.0 Å². The molecule has 0 radical (unpaired) electrons. The van der Waals surface area contributed by atoms with E-state index >= 15 is 0 Å². The smallest absolute Gasteiger partial charge is 0.417 e. The maximum Gasteiger partial charge on any atom is 0.417 e. The highest BCUT2D eigenvalue weighted by Gasteiger charge is 2.23. The molecular formula is C22H22FN3O5. The lowest BCUT2D eigenvalue weighted by molar-refractivity contribution is 0.0691. The van der Waals surface area contributed by atoms with Gasteiger partial charge in [-0.2, -0.15) is 0 Å². The van der Waals surface area contributed by atoms with Crippen LogP contribution >= 0.6 is 0 Å². The van der Waals surface area contributed by atoms with Crippen molar-refractivity contribution >= 4 is 23.0 Å². The quantitative estimate of drug-likeness (QED) is 0.608. The molecule has 31 heavy (non-hydrogen) atoms. The summed E-state index contributed by atoms with van der Waals surface area (Å²) in [7, 11) is 0. The summed E-state index contributed by atoms with van der Waals surface area (Å²) in [5.74, 6) is -0.995. The molecule has 1 saturated heterocycles. The summed E-state index contributed by atoms with van der Waals surface area (Å²) in [4.78, 5) is 42.2. The van der Waals surface area contributed by atoms with Crippen molar-refractivity contribution in [3.63, 3.8) is 0 Å². The van der Waals surface area contributed by atoms with E-state index in [4.69, 9.17) is 9.15 Å². The standard InChI is InChI=1S/C22H22FN3O5/c23-17-4-2-1-3-16(17)14-30-22(29)26-11-9-25(10-12-26)8-7-19(27)15-5-6-18-20(13-15)31-21(28)24-18/h1-6,13H,7-12,14H2,(H,24,28). The zero-order chi connectivity index (χ0) is 21.8. The van der Waals surface area contributed by atoms with Crippen LogP contribution < -0.4 is 5.76 Å². The van der Waals surface area contributed by atoms with E-state index in [9.17, 15) is 18.8 Å². The summed E-state index contributed by atoms with van der Waals surface area (Å²) >= 11 is 0. The Morgan fingerprint density at radius 3 is 2.65 bits per heavy atom. The molecular weight excluding hydrogens is 405 g/mol. The van der Waals surface area contributed by atoms with Crippen molar-refractivity contribution in [3.8, 4) is 0 Å². The Balaban J connectivity index is 1.22. The summed E-state index contributed by atoms with van der Waals surface area (Å²) in [6.07, 6.45) is -0.155. The van der Waals surface area contributed by atoms with E-state index < -0.39 is 17.7 Å². The maximum absolute atomic E-state index is 13.6. The van der Waals surface area contributed by atoms with Crippen LogP contribution in [0.2, 0.25) is 0 Å². The molecule has 0 saturated carbocycles. The molecule has 2 aromatic carbocycles. The highest BCUT2D eigenvalue weighted by Crippen LogP contribution is 2.15. The van der Waals surface area contributed by atoms with Gasteiger partial charge in [0.05, 0.1) is 5.52 Å². The summed E-state index contributed by atoms with van der Waals surface area (Å²) < 4.78 is 23.8. The Kier molecular flexibility index (Phi) is 6.13. The number of H-pyrrole nitrogens is 1. The molecule has 0 atom stereocenters. The van der Waals surface area contributed by atoms with Gasteiger partial charge in [0, 0.05) is 50.3 Å². The van der Waals surface area contributed by atoms with Gasteiger partial charge in [0.15, 0.2) is 11.4 Å². The third-order valence-corrected chi connectivity index (χ3v) is 5.34. The van der Waals surface area contributed by atoms with Crippen molar-refractivity contribution in [2.24, 2.45) is 0 Å². The van der Waals surface area contributed by atoms with Gasteiger partial charge < -0.3 is 14.1 Å². The van der Waals surface area contributed by atoms with Crippen LogP contribution in [0.25, 0.3) is 11.1 Å². The second-order valence-corrected chi connectivity index (χ2v) is 7.37. The number of ketones is 1. The number of benzene rings is 2. The van der Waals surface area contributed by atoms with E-state index in [0.29, 0.717) is 61.4 Å². The fourth-order valence-corrected chi connectivity index (χ4v) is 3.52. The molecule has 1 aliphatic heterocycles. The van der Waals surface area contributed by atoms with Crippen molar-refractivity contribution in [1.82, 2.24) is 14.8 Å². The number of halogens is 1. The van der Waals surface area contributed by atoms with E-state index in [1.807, 2.05) is 0 Å². The highest BCUT2D eigenvalue weighted by molar-refractivity contribution is 5.98. The molecule has 1 aliphatic rings. The minimum Gasteiger partial charge on any atom is -0.444 e. The van der Waals surface area contributed by atoms with E-state index in [1.165, 1.54) is 6.07 Å². The number of carbonyl (C=O) groups excluding carboxylic acids is 2. The summed E-state index contributed by atoms with van der Waals surface area (Å²) in [6.45, 7) is 2.65. The average Bonchev–Trinajstić information content (AvgIpc) is 3.16. The van der Waals surface area contributed by atoms with E-state index in [1.54, 1.807) is 41.3 Å². The zero-order valence-corrected chi connectivity index (χ0v) is 16.8. The number of hydrogen-bond donors (Lipinski definition) is 1. The predicted octanol–water partition coefficient (Wildman–Crippen LogP) is 2.79. The molecule has 0 spiro atoms. The number of oxazole rings is 1. The Hall–Kier alpha value is -3.46. The minimum absolute atomic E-state index is 0.0440. The van der Waals surface area contributed by atoms with E-state index in [2.05, 4.69) is 9.88 Å². The lowest BCUT2D eigenvalue weighted by atomic mass is 10.1. The average molecular weight is 427 g/mol. The monoisotopic (exact) mass is 427 g/mol. The van der Waals surface area contributed by atoms with Gasteiger partial charge in [-0.15, -0.1) is 0 Å². The number of nitrogens with zero attached hydrogens (tertiary/aromatic N) is 2. The van der Waals surface area contributed by atoms with Crippen molar-refractivity contribution in [1.29, 1.82) is 0 Å². The van der Waals surface area contributed by atoms with Gasteiger partial charge in [0.1, 0.15) is 12.4 Å². The van der Waals surface area contributed by atoms with Crippen molar-refractivity contribution < 1.29 is 23.1 Å². The van der Waals surface area contributed by atoms with Gasteiger partial charge in [0.25, 0.3) is 0 Å². The molecule has 3 aromatic rings. The van der Waals surface area contributed by atoms with Crippen LogP contribution in [0.1, 0.15) is 22.3 Å². The van der Waals surface area contributed by atoms with Crippen LogP contribution in [-0.4, -0.2) is 59.4 Å². The topological polar surface area (TPSA) is 95.9 Å². The number of nitrogens with one attached hydrogen (secondary N) is 1. The minimum atomic E-state index is -0.551. The second kappa shape index (κ2) is 9.13. The number of hydrogen-bond acceptors (Lipinski definition) is 6. The molecule has 8 nitrogen and oxygen atoms in total. The predicted molar refractivity (Wildman–Crippen MR) is 110 cm³/mol. The van der Waals surface area contributed by atoms with Crippen LogP contribution in [0.15, 0.2) is 51.7 Å². The Bertz CT molecular complexity index is 1150. The van der Waals surface area contributed by atoms with Gasteiger partial charge in [-0.1, -0.05) is 18.2 Å². The van der Waals surface area contributed by atoms with Crippen molar-refractivity contribution in [3.05, 3.63) is 70.0 Å². The summed E-state index contributed by atoms with van der Waals surface area (Å²) in [5, 5.41) is 0. The van der Waals surface area contributed by atoms with Gasteiger partial charge in [-0.05, 0) is 24.3 Å². The highest BCUT2D eigenvalue weighted by atomic mass is 19.1. The third kappa shape index (κ3) is 5.00. The fraction of sp³-hybridized carbons (Fsp3) is 0.318. The number of rotatable bonds is 6. The molecule has 0 bridgehead atoms. The summed E-state index contributed by atoms with van der Waals surface area (Å²) in [5.41, 5.74) is 1.74. The van der Waals surface area contributed by atoms with Gasteiger partial charge in [0.2, 0.25) is 0 Å². The molecule has 9 heteroatoms. The second-order valence-electron chi connectivity index (χ2n) is 7.37. The number of carbonyl (C=O) groups is 2. The lowest BCUT2D eigenvalue weighted by Crippen LogP contribution is -2.49. The molecule has 1 aromatic heterocycles. The molecule has 162 valence electrons. The number of Topliss-reactive ketones (excluding diaryl/α,β-unsaturated/α-hetero) is 1. The fourth-order valence-electron chi connectivity index (χ4n) is 3.52. The number of ether oxygens (including phenoxy) is 1. The Morgan fingerprint density at radius 2 is 1.87 bits per heavy atom. The van der Waals surface area contributed by atoms with Crippen molar-refractivity contribution in [2.75, 3.05) is 32.7 Å². The first kappa shape index (κ1) is 20.8. The maximum atomic E-state index is 13.6. The molecule has 1 fully saturated rings. The number of fused-ring (bicyclic) bond motifs is 1. The largest absolute Gasteiger partial charge is 0.444 e. The van der Waals surface area contributed by atoms with Gasteiger partial charge >= 0.3 is 11.8 Å². The van der Waals surface area contributed by atoms with Crippen LogP contribution in [0.4, 0.5) is 9.18 Å². The number of aromatic nitrogens is 1. The van der Waals surface area contributed by atoms with Crippen molar-refractivity contribution in [2.45, 2.75) is 13.0 Å².